The van der Waals surface area contributed by atoms with Crippen molar-refractivity contribution in [2.75, 3.05) is 12.0 Å². The van der Waals surface area contributed by atoms with E-state index in [0.717, 1.165) is 16.5 Å². The minimum Gasteiger partial charge on any atom is -0.360 e. The van der Waals surface area contributed by atoms with Crippen molar-refractivity contribution in [2.45, 2.75) is 0 Å². The number of fused-ring (bicyclic) bond motifs is 1. The number of nitrogens with one attached hydrogen (secondary N) is 1. The van der Waals surface area contributed by atoms with E-state index in [1.807, 2.05) is 30.5 Å². The summed E-state index contributed by atoms with van der Waals surface area (Å²) in [5.41, 5.74) is 1.83. The van der Waals surface area contributed by atoms with E-state index in [1.165, 1.54) is 0 Å². The molecule has 0 saturated carbocycles. The summed E-state index contributed by atoms with van der Waals surface area (Å²) in [6.45, 7) is 0. The van der Waals surface area contributed by atoms with E-state index in [9.17, 15) is 4.79 Å². The molecule has 0 unspecified atom stereocenters. The summed E-state index contributed by atoms with van der Waals surface area (Å²) >= 11 is 1.55. The van der Waals surface area contributed by atoms with Gasteiger partial charge in [0, 0.05) is 22.7 Å². The zero-order chi connectivity index (χ0) is 9.97. The molecule has 0 bridgehead atoms. The number of ketones is 1. The van der Waals surface area contributed by atoms with E-state index < -0.39 is 0 Å². The highest BCUT2D eigenvalue weighted by Gasteiger charge is 2.10. The van der Waals surface area contributed by atoms with Gasteiger partial charge in [-0.15, -0.1) is 0 Å². The highest BCUT2D eigenvalue weighted by molar-refractivity contribution is 7.99. The van der Waals surface area contributed by atoms with Crippen LogP contribution in [0.25, 0.3) is 10.9 Å². The Balaban J connectivity index is 2.47. The number of rotatable bonds is 3. The lowest BCUT2D eigenvalue weighted by Gasteiger charge is -1.95. The van der Waals surface area contributed by atoms with Crippen molar-refractivity contribution < 1.29 is 4.79 Å². The minimum absolute atomic E-state index is 0.190. The Morgan fingerprint density at radius 3 is 3.00 bits per heavy atom. The van der Waals surface area contributed by atoms with Crippen LogP contribution in [0.4, 0.5) is 0 Å². The van der Waals surface area contributed by atoms with Crippen LogP contribution in [0.5, 0.6) is 0 Å². The Hall–Kier alpha value is -1.22. The zero-order valence-electron chi connectivity index (χ0n) is 7.91. The monoisotopic (exact) mass is 205 g/mol. The average molecular weight is 205 g/mol. The first-order valence-electron chi connectivity index (χ1n) is 4.41. The Morgan fingerprint density at radius 2 is 2.21 bits per heavy atom. The number of hydrogen-bond donors (Lipinski definition) is 1. The third-order valence-corrected chi connectivity index (χ3v) is 2.72. The largest absolute Gasteiger partial charge is 0.360 e. The molecule has 2 nitrogen and oxygen atoms in total. The lowest BCUT2D eigenvalue weighted by molar-refractivity contribution is 0.102. The summed E-state index contributed by atoms with van der Waals surface area (Å²) in [4.78, 5) is 14.8. The third-order valence-electron chi connectivity index (χ3n) is 2.17. The number of carbonyl (C=O) groups is 1. The molecule has 0 amide bonds. The molecular weight excluding hydrogens is 194 g/mol. The number of thioether (sulfide) groups is 1. The lowest BCUT2D eigenvalue weighted by Crippen LogP contribution is -2.00. The van der Waals surface area contributed by atoms with Gasteiger partial charge < -0.3 is 4.98 Å². The van der Waals surface area contributed by atoms with Crippen molar-refractivity contribution in [1.29, 1.82) is 0 Å². The first kappa shape index (κ1) is 9.34. The second-order valence-electron chi connectivity index (χ2n) is 3.10. The molecule has 1 heterocycles. The molecule has 0 saturated heterocycles. The van der Waals surface area contributed by atoms with Crippen molar-refractivity contribution in [2.24, 2.45) is 0 Å². The number of carbonyl (C=O) groups excluding carboxylic acids is 1. The van der Waals surface area contributed by atoms with Crippen LogP contribution in [-0.4, -0.2) is 22.8 Å². The molecule has 3 heteroatoms. The van der Waals surface area contributed by atoms with Crippen LogP contribution in [0.15, 0.2) is 30.5 Å². The topological polar surface area (TPSA) is 32.9 Å². The van der Waals surface area contributed by atoms with Crippen molar-refractivity contribution in [3.63, 3.8) is 0 Å². The summed E-state index contributed by atoms with van der Waals surface area (Å²) in [7, 11) is 0. The molecule has 0 spiro atoms. The SMILES string of the molecule is CSCC(=O)c1c[nH]c2ccccc12. The first-order chi connectivity index (χ1) is 6.83. The smallest absolute Gasteiger partial charge is 0.174 e. The van der Waals surface area contributed by atoms with Gasteiger partial charge in [0.25, 0.3) is 0 Å². The van der Waals surface area contributed by atoms with Gasteiger partial charge in [0.05, 0.1) is 5.75 Å². The van der Waals surface area contributed by atoms with Gasteiger partial charge in [0.15, 0.2) is 5.78 Å². The van der Waals surface area contributed by atoms with Crippen LogP contribution in [0.1, 0.15) is 10.4 Å². The second-order valence-corrected chi connectivity index (χ2v) is 3.97. The van der Waals surface area contributed by atoms with Gasteiger partial charge in [0.1, 0.15) is 0 Å². The molecule has 0 fully saturated rings. The number of aromatic amines is 1. The lowest BCUT2D eigenvalue weighted by atomic mass is 10.1. The molecule has 2 aromatic rings. The summed E-state index contributed by atoms with van der Waals surface area (Å²) < 4.78 is 0. The fourth-order valence-electron chi connectivity index (χ4n) is 1.51. The number of para-hydroxylation sites is 1. The van der Waals surface area contributed by atoms with Crippen LogP contribution < -0.4 is 0 Å². The molecule has 2 rings (SSSR count). The van der Waals surface area contributed by atoms with Crippen LogP contribution in [-0.2, 0) is 0 Å². The quantitative estimate of drug-likeness (QED) is 0.781. The maximum atomic E-state index is 11.7. The molecule has 0 aliphatic carbocycles. The van der Waals surface area contributed by atoms with E-state index in [-0.39, 0.29) is 5.78 Å². The molecule has 14 heavy (non-hydrogen) atoms. The van der Waals surface area contributed by atoms with Gasteiger partial charge in [-0.3, -0.25) is 4.79 Å². The molecule has 0 aliphatic rings. The molecule has 0 radical (unpaired) electrons. The summed E-state index contributed by atoms with van der Waals surface area (Å²) in [5, 5.41) is 1.02. The van der Waals surface area contributed by atoms with Crippen molar-refractivity contribution in [1.82, 2.24) is 4.98 Å². The van der Waals surface area contributed by atoms with Gasteiger partial charge in [0.2, 0.25) is 0 Å². The average Bonchev–Trinajstić information content (AvgIpc) is 2.61. The number of benzene rings is 1. The Kier molecular flexibility index (Phi) is 2.59. The predicted molar refractivity (Wildman–Crippen MR) is 61.0 cm³/mol. The highest BCUT2D eigenvalue weighted by atomic mass is 32.2. The van der Waals surface area contributed by atoms with Crippen molar-refractivity contribution in [3.05, 3.63) is 36.0 Å². The number of H-pyrrole nitrogens is 1. The molecule has 0 aliphatic heterocycles. The summed E-state index contributed by atoms with van der Waals surface area (Å²) in [6.07, 6.45) is 3.73. The normalized spacial score (nSPS) is 10.6. The third kappa shape index (κ3) is 1.55. The van der Waals surface area contributed by atoms with E-state index in [2.05, 4.69) is 4.98 Å². The molecule has 0 atom stereocenters. The van der Waals surface area contributed by atoms with Gasteiger partial charge >= 0.3 is 0 Å². The fraction of sp³-hybridized carbons (Fsp3) is 0.182. The predicted octanol–water partition coefficient (Wildman–Crippen LogP) is 2.71. The van der Waals surface area contributed by atoms with Crippen molar-refractivity contribution in [3.8, 4) is 0 Å². The number of hydrogen-bond acceptors (Lipinski definition) is 2. The minimum atomic E-state index is 0.190. The Labute approximate surface area is 86.7 Å². The van der Waals surface area contributed by atoms with Crippen LogP contribution >= 0.6 is 11.8 Å². The Morgan fingerprint density at radius 1 is 1.43 bits per heavy atom. The molecular formula is C11H11NOS. The highest BCUT2D eigenvalue weighted by Crippen LogP contribution is 2.18. The standard InChI is InChI=1S/C11H11NOS/c1-14-7-11(13)9-6-12-10-5-3-2-4-8(9)10/h2-6,12H,7H2,1H3. The van der Waals surface area contributed by atoms with E-state index in [0.29, 0.717) is 5.75 Å². The molecule has 1 aromatic carbocycles. The first-order valence-corrected chi connectivity index (χ1v) is 5.80. The zero-order valence-corrected chi connectivity index (χ0v) is 8.73. The van der Waals surface area contributed by atoms with E-state index >= 15 is 0 Å². The molecule has 1 aromatic heterocycles. The van der Waals surface area contributed by atoms with Crippen LogP contribution in [0, 0.1) is 0 Å². The summed E-state index contributed by atoms with van der Waals surface area (Å²) in [5.74, 6) is 0.733. The van der Waals surface area contributed by atoms with Crippen LogP contribution in [0.3, 0.4) is 0 Å². The Bertz CT molecular complexity index is 461. The van der Waals surface area contributed by atoms with Gasteiger partial charge in [-0.2, -0.15) is 11.8 Å². The van der Waals surface area contributed by atoms with E-state index in [1.54, 1.807) is 18.0 Å². The molecule has 72 valence electrons. The number of aromatic nitrogens is 1. The summed E-state index contributed by atoms with van der Waals surface area (Å²) in [6, 6.07) is 7.86. The second kappa shape index (κ2) is 3.88. The number of Topliss-reactive ketones (excluding diaryl/α,β-unsaturated/α-hetero) is 1. The maximum Gasteiger partial charge on any atom is 0.174 e. The maximum absolute atomic E-state index is 11.7. The van der Waals surface area contributed by atoms with E-state index in [4.69, 9.17) is 0 Å². The van der Waals surface area contributed by atoms with Crippen LogP contribution in [0.2, 0.25) is 0 Å². The van der Waals surface area contributed by atoms with Gasteiger partial charge in [-0.25, -0.2) is 0 Å². The molecule has 1 N–H and O–H groups in total. The fourth-order valence-corrected chi connectivity index (χ4v) is 1.93. The van der Waals surface area contributed by atoms with Crippen molar-refractivity contribution >= 4 is 28.4 Å². The van der Waals surface area contributed by atoms with Gasteiger partial charge in [-0.05, 0) is 12.3 Å². The van der Waals surface area contributed by atoms with Gasteiger partial charge in [-0.1, -0.05) is 18.2 Å².